The molecule has 1 aromatic carbocycles. The fourth-order valence-electron chi connectivity index (χ4n) is 2.75. The van der Waals surface area contributed by atoms with E-state index in [0.29, 0.717) is 24.1 Å². The van der Waals surface area contributed by atoms with Crippen LogP contribution >= 0.6 is 0 Å². The molecule has 2 aromatic heterocycles. The van der Waals surface area contributed by atoms with Crippen LogP contribution in [0.1, 0.15) is 5.82 Å². The van der Waals surface area contributed by atoms with Crippen LogP contribution in [0.15, 0.2) is 41.3 Å². The second kappa shape index (κ2) is 4.53. The summed E-state index contributed by atoms with van der Waals surface area (Å²) in [5.74, 6) is 0.805. The molecular formula is C15H15N5O. The molecule has 0 unspecified atom stereocenters. The highest BCUT2D eigenvalue weighted by molar-refractivity contribution is 5.75. The van der Waals surface area contributed by atoms with E-state index in [0.717, 1.165) is 18.1 Å². The van der Waals surface area contributed by atoms with Crippen LogP contribution in [0.5, 0.6) is 0 Å². The zero-order chi connectivity index (χ0) is 14.4. The van der Waals surface area contributed by atoms with Crippen LogP contribution in [0, 0.1) is 0 Å². The number of hydrogen-bond acceptors (Lipinski definition) is 4. The average Bonchev–Trinajstić information content (AvgIpc) is 2.92. The fourth-order valence-corrected chi connectivity index (χ4v) is 2.75. The minimum Gasteiger partial charge on any atom is -0.297 e. The number of aromatic nitrogens is 4. The monoisotopic (exact) mass is 281 g/mol. The first kappa shape index (κ1) is 12.3. The van der Waals surface area contributed by atoms with Crippen LogP contribution < -0.4 is 5.56 Å². The van der Waals surface area contributed by atoms with E-state index in [1.807, 2.05) is 37.4 Å². The van der Waals surface area contributed by atoms with Crippen LogP contribution in [0.25, 0.3) is 16.7 Å². The molecular weight excluding hydrogens is 266 g/mol. The van der Waals surface area contributed by atoms with Gasteiger partial charge in [-0.1, -0.05) is 18.2 Å². The first-order valence-corrected chi connectivity index (χ1v) is 6.95. The predicted octanol–water partition coefficient (Wildman–Crippen LogP) is 1.03. The van der Waals surface area contributed by atoms with Gasteiger partial charge < -0.3 is 0 Å². The molecule has 0 spiro atoms. The van der Waals surface area contributed by atoms with E-state index in [4.69, 9.17) is 0 Å². The van der Waals surface area contributed by atoms with Gasteiger partial charge in [0.25, 0.3) is 5.56 Å². The number of hydrogen-bond donors (Lipinski definition) is 0. The van der Waals surface area contributed by atoms with Crippen molar-refractivity contribution in [3.8, 4) is 5.69 Å². The molecule has 6 heteroatoms. The maximum atomic E-state index is 12.6. The quantitative estimate of drug-likeness (QED) is 0.668. The number of rotatable bonds is 1. The third kappa shape index (κ3) is 1.87. The SMILES string of the molecule is CN1CCn2c(nc3c(cnn3-c3ccccc3)c2=O)C1. The van der Waals surface area contributed by atoms with Crippen LogP contribution in [-0.2, 0) is 13.1 Å². The van der Waals surface area contributed by atoms with Crippen molar-refractivity contribution in [2.45, 2.75) is 13.1 Å². The van der Waals surface area contributed by atoms with Gasteiger partial charge in [0.2, 0.25) is 0 Å². The second-order valence-electron chi connectivity index (χ2n) is 5.35. The van der Waals surface area contributed by atoms with E-state index >= 15 is 0 Å². The van der Waals surface area contributed by atoms with Crippen molar-refractivity contribution in [1.82, 2.24) is 24.2 Å². The molecule has 1 aliphatic heterocycles. The van der Waals surface area contributed by atoms with Gasteiger partial charge in [-0.05, 0) is 19.2 Å². The Balaban J connectivity index is 1.99. The number of para-hydroxylation sites is 1. The van der Waals surface area contributed by atoms with Crippen molar-refractivity contribution in [3.05, 3.63) is 52.7 Å². The lowest BCUT2D eigenvalue weighted by Crippen LogP contribution is -2.38. The smallest absolute Gasteiger partial charge is 0.264 e. The van der Waals surface area contributed by atoms with Crippen molar-refractivity contribution < 1.29 is 0 Å². The summed E-state index contributed by atoms with van der Waals surface area (Å²) >= 11 is 0. The molecule has 1 aliphatic rings. The highest BCUT2D eigenvalue weighted by atomic mass is 16.1. The molecule has 21 heavy (non-hydrogen) atoms. The molecule has 0 atom stereocenters. The lowest BCUT2D eigenvalue weighted by molar-refractivity contribution is 0.258. The Morgan fingerprint density at radius 1 is 1.14 bits per heavy atom. The van der Waals surface area contributed by atoms with Crippen molar-refractivity contribution in [1.29, 1.82) is 0 Å². The van der Waals surface area contributed by atoms with Gasteiger partial charge in [0, 0.05) is 13.1 Å². The normalized spacial score (nSPS) is 15.3. The Hall–Kier alpha value is -2.47. The molecule has 4 rings (SSSR count). The Bertz CT molecular complexity index is 865. The predicted molar refractivity (Wildman–Crippen MR) is 79.5 cm³/mol. The molecule has 6 nitrogen and oxygen atoms in total. The maximum absolute atomic E-state index is 12.6. The second-order valence-corrected chi connectivity index (χ2v) is 5.35. The molecule has 0 aliphatic carbocycles. The summed E-state index contributed by atoms with van der Waals surface area (Å²) in [4.78, 5) is 19.4. The zero-order valence-electron chi connectivity index (χ0n) is 11.7. The summed E-state index contributed by atoms with van der Waals surface area (Å²) in [6.07, 6.45) is 1.61. The molecule has 3 aromatic rings. The number of nitrogens with zero attached hydrogens (tertiary/aromatic N) is 5. The summed E-state index contributed by atoms with van der Waals surface area (Å²) in [6.45, 7) is 2.24. The van der Waals surface area contributed by atoms with Gasteiger partial charge in [0.05, 0.1) is 18.4 Å². The van der Waals surface area contributed by atoms with E-state index in [2.05, 4.69) is 15.0 Å². The summed E-state index contributed by atoms with van der Waals surface area (Å²) in [5, 5.41) is 4.92. The van der Waals surface area contributed by atoms with E-state index < -0.39 is 0 Å². The third-order valence-corrected chi connectivity index (χ3v) is 3.88. The lowest BCUT2D eigenvalue weighted by Gasteiger charge is -2.25. The zero-order valence-corrected chi connectivity index (χ0v) is 11.7. The van der Waals surface area contributed by atoms with E-state index in [1.54, 1.807) is 15.4 Å². The van der Waals surface area contributed by atoms with Crippen LogP contribution in [0.4, 0.5) is 0 Å². The standard InChI is InChI=1S/C15H15N5O/c1-18-7-8-19-13(10-18)17-14-12(15(19)21)9-16-20(14)11-5-3-2-4-6-11/h2-6,9H,7-8,10H2,1H3. The lowest BCUT2D eigenvalue weighted by atomic mass is 10.3. The van der Waals surface area contributed by atoms with Gasteiger partial charge in [-0.25, -0.2) is 9.67 Å². The van der Waals surface area contributed by atoms with Gasteiger partial charge in [0.15, 0.2) is 5.65 Å². The van der Waals surface area contributed by atoms with Crippen molar-refractivity contribution >= 4 is 11.0 Å². The van der Waals surface area contributed by atoms with Crippen LogP contribution in [-0.4, -0.2) is 37.8 Å². The molecule has 106 valence electrons. The van der Waals surface area contributed by atoms with Gasteiger partial charge >= 0.3 is 0 Å². The maximum Gasteiger partial charge on any atom is 0.264 e. The van der Waals surface area contributed by atoms with E-state index in [-0.39, 0.29) is 5.56 Å². The Kier molecular flexibility index (Phi) is 2.65. The van der Waals surface area contributed by atoms with Gasteiger partial charge in [-0.15, -0.1) is 0 Å². The summed E-state index contributed by atoms with van der Waals surface area (Å²) in [5.41, 5.74) is 1.55. The molecule has 0 radical (unpaired) electrons. The number of likely N-dealkylation sites (N-methyl/N-ethyl adjacent to an activating group) is 1. The minimum atomic E-state index is 0.00489. The molecule has 3 heterocycles. The average molecular weight is 281 g/mol. The fraction of sp³-hybridized carbons (Fsp3) is 0.267. The molecule has 0 fully saturated rings. The third-order valence-electron chi connectivity index (χ3n) is 3.88. The molecule has 0 saturated carbocycles. The van der Waals surface area contributed by atoms with Crippen molar-refractivity contribution in [2.75, 3.05) is 13.6 Å². The van der Waals surface area contributed by atoms with Crippen molar-refractivity contribution in [3.63, 3.8) is 0 Å². The summed E-state index contributed by atoms with van der Waals surface area (Å²) < 4.78 is 3.49. The minimum absolute atomic E-state index is 0.00489. The summed E-state index contributed by atoms with van der Waals surface area (Å²) in [7, 11) is 2.04. The molecule has 0 saturated heterocycles. The number of benzene rings is 1. The van der Waals surface area contributed by atoms with Gasteiger partial charge in [0.1, 0.15) is 11.2 Å². The highest BCUT2D eigenvalue weighted by Gasteiger charge is 2.20. The molecule has 0 amide bonds. The topological polar surface area (TPSA) is 56.0 Å². The largest absolute Gasteiger partial charge is 0.297 e. The van der Waals surface area contributed by atoms with Crippen molar-refractivity contribution in [2.24, 2.45) is 0 Å². The van der Waals surface area contributed by atoms with E-state index in [1.165, 1.54) is 0 Å². The molecule has 0 bridgehead atoms. The number of fused-ring (bicyclic) bond motifs is 2. The van der Waals surface area contributed by atoms with Gasteiger partial charge in [-0.3, -0.25) is 14.3 Å². The Morgan fingerprint density at radius 2 is 1.95 bits per heavy atom. The van der Waals surface area contributed by atoms with Gasteiger partial charge in [-0.2, -0.15) is 5.10 Å². The Labute approximate surface area is 121 Å². The van der Waals surface area contributed by atoms with Crippen LogP contribution in [0.2, 0.25) is 0 Å². The van der Waals surface area contributed by atoms with E-state index in [9.17, 15) is 4.79 Å². The highest BCUT2D eigenvalue weighted by Crippen LogP contribution is 2.16. The first-order chi connectivity index (χ1) is 10.2. The summed E-state index contributed by atoms with van der Waals surface area (Å²) in [6, 6.07) is 9.76. The Morgan fingerprint density at radius 3 is 2.76 bits per heavy atom. The van der Waals surface area contributed by atoms with Crippen LogP contribution in [0.3, 0.4) is 0 Å². The molecule has 0 N–H and O–H groups in total. The first-order valence-electron chi connectivity index (χ1n) is 6.95.